The molecule has 9 nitrogen and oxygen atoms in total. The highest BCUT2D eigenvalue weighted by molar-refractivity contribution is 7.89. The number of imidazole rings is 1. The van der Waals surface area contributed by atoms with E-state index in [2.05, 4.69) is 15.0 Å². The third-order valence-corrected chi connectivity index (χ3v) is 6.07. The standard InChI is InChI=1S/C17H23N5O4S/c1-18-27(24,25)15-10-12(4-5-14(15)26-3)17(23)22-9-6-19-11-13(22)16-20-7-8-21(16)2/h4-5,7-8,10,13,18-19H,6,9,11H2,1-3H3. The second-order valence-corrected chi connectivity index (χ2v) is 8.04. The van der Waals surface area contributed by atoms with Gasteiger partial charge < -0.3 is 19.5 Å². The fourth-order valence-corrected chi connectivity index (χ4v) is 4.09. The second kappa shape index (κ2) is 7.67. The van der Waals surface area contributed by atoms with Crippen molar-refractivity contribution in [3.63, 3.8) is 0 Å². The summed E-state index contributed by atoms with van der Waals surface area (Å²) in [6.45, 7) is 1.73. The van der Waals surface area contributed by atoms with E-state index in [0.29, 0.717) is 19.6 Å². The highest BCUT2D eigenvalue weighted by atomic mass is 32.2. The maximum atomic E-state index is 13.2. The number of benzene rings is 1. The fraction of sp³-hybridized carbons (Fsp3) is 0.412. The lowest BCUT2D eigenvalue weighted by Gasteiger charge is -2.36. The molecule has 3 rings (SSSR count). The lowest BCUT2D eigenvalue weighted by atomic mass is 10.1. The molecule has 2 N–H and O–H groups in total. The van der Waals surface area contributed by atoms with E-state index >= 15 is 0 Å². The van der Waals surface area contributed by atoms with Crippen LogP contribution in [0.5, 0.6) is 5.75 Å². The number of nitrogens with one attached hydrogen (secondary N) is 2. The van der Waals surface area contributed by atoms with E-state index in [1.165, 1.54) is 26.3 Å². The van der Waals surface area contributed by atoms with Crippen LogP contribution in [0.3, 0.4) is 0 Å². The molecule has 1 aromatic heterocycles. The van der Waals surface area contributed by atoms with Crippen LogP contribution in [-0.2, 0) is 17.1 Å². The number of carbonyl (C=O) groups excluding carboxylic acids is 1. The van der Waals surface area contributed by atoms with E-state index in [1.54, 1.807) is 17.2 Å². The van der Waals surface area contributed by atoms with Crippen molar-refractivity contribution in [3.05, 3.63) is 42.0 Å². The molecule has 10 heteroatoms. The first-order valence-electron chi connectivity index (χ1n) is 8.49. The predicted molar refractivity (Wildman–Crippen MR) is 99.1 cm³/mol. The lowest BCUT2D eigenvalue weighted by Crippen LogP contribution is -2.49. The minimum atomic E-state index is -3.77. The largest absolute Gasteiger partial charge is 0.495 e. The van der Waals surface area contributed by atoms with Gasteiger partial charge in [0, 0.05) is 44.6 Å². The smallest absolute Gasteiger partial charge is 0.254 e. The van der Waals surface area contributed by atoms with Crippen molar-refractivity contribution in [1.29, 1.82) is 0 Å². The van der Waals surface area contributed by atoms with E-state index < -0.39 is 10.0 Å². The zero-order valence-corrected chi connectivity index (χ0v) is 16.3. The monoisotopic (exact) mass is 393 g/mol. The molecule has 1 unspecified atom stereocenters. The van der Waals surface area contributed by atoms with Gasteiger partial charge in [0.2, 0.25) is 10.0 Å². The molecule has 0 spiro atoms. The molecule has 1 amide bonds. The zero-order chi connectivity index (χ0) is 19.6. The molecule has 0 saturated carbocycles. The Morgan fingerprint density at radius 3 is 2.81 bits per heavy atom. The van der Waals surface area contributed by atoms with Gasteiger partial charge in [-0.15, -0.1) is 0 Å². The number of hydrogen-bond donors (Lipinski definition) is 2. The molecule has 146 valence electrons. The Balaban J connectivity index is 1.99. The summed E-state index contributed by atoms with van der Waals surface area (Å²) in [5.74, 6) is 0.702. The molecule has 0 radical (unpaired) electrons. The number of carbonyl (C=O) groups is 1. The molecule has 27 heavy (non-hydrogen) atoms. The van der Waals surface area contributed by atoms with E-state index in [-0.39, 0.29) is 28.2 Å². The van der Waals surface area contributed by atoms with Crippen molar-refractivity contribution < 1.29 is 17.9 Å². The second-order valence-electron chi connectivity index (χ2n) is 6.19. The Labute approximate surface area is 158 Å². The van der Waals surface area contributed by atoms with Crippen LogP contribution < -0.4 is 14.8 Å². The summed E-state index contributed by atoms with van der Waals surface area (Å²) >= 11 is 0. The SMILES string of the molecule is CNS(=O)(=O)c1cc(C(=O)N2CCNCC2c2nccn2C)ccc1OC. The number of amides is 1. The summed E-state index contributed by atoms with van der Waals surface area (Å²) in [6, 6.07) is 4.19. The number of hydrogen-bond acceptors (Lipinski definition) is 6. The van der Waals surface area contributed by atoms with Gasteiger partial charge in [-0.1, -0.05) is 0 Å². The summed E-state index contributed by atoms with van der Waals surface area (Å²) in [5, 5.41) is 3.28. The Kier molecular flexibility index (Phi) is 5.49. The first-order chi connectivity index (χ1) is 12.9. The molecule has 0 aliphatic carbocycles. The van der Waals surface area contributed by atoms with Crippen LogP contribution in [0.1, 0.15) is 22.2 Å². The number of aryl methyl sites for hydroxylation is 1. The van der Waals surface area contributed by atoms with Gasteiger partial charge in [0.05, 0.1) is 7.11 Å². The average molecular weight is 393 g/mol. The summed E-state index contributed by atoms with van der Waals surface area (Å²) in [4.78, 5) is 19.2. The van der Waals surface area contributed by atoms with Gasteiger partial charge in [-0.3, -0.25) is 4.79 Å². The topological polar surface area (TPSA) is 106 Å². The van der Waals surface area contributed by atoms with E-state index in [9.17, 15) is 13.2 Å². The fourth-order valence-electron chi connectivity index (χ4n) is 3.17. The Bertz CT molecular complexity index is 941. The van der Waals surface area contributed by atoms with Crippen molar-refractivity contribution in [1.82, 2.24) is 24.5 Å². The van der Waals surface area contributed by atoms with Crippen molar-refractivity contribution in [2.45, 2.75) is 10.9 Å². The minimum Gasteiger partial charge on any atom is -0.495 e. The molecule has 1 aromatic carbocycles. The molecule has 1 aliphatic heterocycles. The van der Waals surface area contributed by atoms with Gasteiger partial charge in [0.25, 0.3) is 5.91 Å². The van der Waals surface area contributed by atoms with Crippen LogP contribution in [0.25, 0.3) is 0 Å². The quantitative estimate of drug-likeness (QED) is 0.748. The van der Waals surface area contributed by atoms with E-state index in [4.69, 9.17) is 4.74 Å². The number of nitrogens with zero attached hydrogens (tertiary/aromatic N) is 3. The normalized spacial score (nSPS) is 17.7. The molecule has 1 fully saturated rings. The Morgan fingerprint density at radius 2 is 2.19 bits per heavy atom. The summed E-state index contributed by atoms with van der Waals surface area (Å²) in [5.41, 5.74) is 0.283. The van der Waals surface area contributed by atoms with Crippen LogP contribution >= 0.6 is 0 Å². The zero-order valence-electron chi connectivity index (χ0n) is 15.5. The van der Waals surface area contributed by atoms with Gasteiger partial charge in [0.15, 0.2) is 0 Å². The number of ether oxygens (including phenoxy) is 1. The lowest BCUT2D eigenvalue weighted by molar-refractivity contribution is 0.0620. The molecule has 1 aliphatic rings. The van der Waals surface area contributed by atoms with Crippen LogP contribution in [0, 0.1) is 0 Å². The predicted octanol–water partition coefficient (Wildman–Crippen LogP) is 0.124. The Hall–Kier alpha value is -2.43. The summed E-state index contributed by atoms with van der Waals surface area (Å²) in [7, 11) is 0.818. The van der Waals surface area contributed by atoms with Gasteiger partial charge in [-0.2, -0.15) is 0 Å². The van der Waals surface area contributed by atoms with Crippen molar-refractivity contribution >= 4 is 15.9 Å². The molecule has 1 atom stereocenters. The molecule has 2 aromatic rings. The molecular formula is C17H23N5O4S. The number of piperazine rings is 1. The maximum absolute atomic E-state index is 13.2. The summed E-state index contributed by atoms with van der Waals surface area (Å²) in [6.07, 6.45) is 3.52. The third-order valence-electron chi connectivity index (χ3n) is 4.63. The van der Waals surface area contributed by atoms with Gasteiger partial charge in [-0.05, 0) is 25.2 Å². The Morgan fingerprint density at radius 1 is 1.41 bits per heavy atom. The first-order valence-corrected chi connectivity index (χ1v) is 9.98. The highest BCUT2D eigenvalue weighted by Crippen LogP contribution is 2.28. The van der Waals surface area contributed by atoms with Crippen LogP contribution in [0.4, 0.5) is 0 Å². The molecule has 1 saturated heterocycles. The number of methoxy groups -OCH3 is 1. The van der Waals surface area contributed by atoms with Crippen LogP contribution in [0.2, 0.25) is 0 Å². The van der Waals surface area contributed by atoms with Gasteiger partial charge in [-0.25, -0.2) is 18.1 Å². The van der Waals surface area contributed by atoms with Crippen LogP contribution in [0.15, 0.2) is 35.5 Å². The highest BCUT2D eigenvalue weighted by Gasteiger charge is 2.32. The molecule has 0 bridgehead atoms. The number of rotatable bonds is 5. The molecular weight excluding hydrogens is 370 g/mol. The van der Waals surface area contributed by atoms with E-state index in [1.807, 2.05) is 17.8 Å². The first kappa shape index (κ1) is 19.3. The van der Waals surface area contributed by atoms with Crippen molar-refractivity contribution in [3.8, 4) is 5.75 Å². The van der Waals surface area contributed by atoms with Crippen molar-refractivity contribution in [2.75, 3.05) is 33.8 Å². The van der Waals surface area contributed by atoms with Gasteiger partial charge >= 0.3 is 0 Å². The maximum Gasteiger partial charge on any atom is 0.254 e. The van der Waals surface area contributed by atoms with E-state index in [0.717, 1.165) is 5.82 Å². The number of aromatic nitrogens is 2. The van der Waals surface area contributed by atoms with Crippen LogP contribution in [-0.4, -0.2) is 62.6 Å². The minimum absolute atomic E-state index is 0.0676. The third kappa shape index (κ3) is 3.68. The summed E-state index contributed by atoms with van der Waals surface area (Å²) < 4.78 is 33.9. The number of sulfonamides is 1. The average Bonchev–Trinajstić information content (AvgIpc) is 3.12. The van der Waals surface area contributed by atoms with Crippen molar-refractivity contribution in [2.24, 2.45) is 7.05 Å². The van der Waals surface area contributed by atoms with Gasteiger partial charge in [0.1, 0.15) is 22.5 Å². The molecule has 2 heterocycles.